The molecule has 2 aromatic carbocycles. The monoisotopic (exact) mass is 351 g/mol. The van der Waals surface area contributed by atoms with Gasteiger partial charge in [0.05, 0.1) is 5.92 Å². The quantitative estimate of drug-likeness (QED) is 0.708. The molecular weight excluding hydrogens is 321 g/mol. The number of hydrogen-bond acceptors (Lipinski definition) is 3. The largest absolute Gasteiger partial charge is 0.543 e. The SMILES string of the molecule is BOC(=O)C(CCCC)C1CCN(Cc2ccc3ccccc3c2)CC1. The van der Waals surface area contributed by atoms with Gasteiger partial charge in [0.2, 0.25) is 0 Å². The van der Waals surface area contributed by atoms with E-state index in [9.17, 15) is 4.79 Å². The van der Waals surface area contributed by atoms with Crippen LogP contribution in [0.3, 0.4) is 0 Å². The standard InChI is InChI=1S/C22H30BNO2/c1-2-3-8-21(22(25)26-23)19-11-13-24(14-12-19)16-17-9-10-18-6-4-5-7-20(18)15-17/h4-7,9-10,15,19,21H,2-3,8,11-14,16,23H2,1H3. The van der Waals surface area contributed by atoms with Crippen molar-refractivity contribution >= 4 is 24.8 Å². The number of likely N-dealkylation sites (tertiary alicyclic amines) is 1. The Morgan fingerprint density at radius 3 is 2.62 bits per heavy atom. The summed E-state index contributed by atoms with van der Waals surface area (Å²) in [6.07, 6.45) is 5.40. The number of benzene rings is 2. The van der Waals surface area contributed by atoms with Crippen molar-refractivity contribution in [3.8, 4) is 0 Å². The molecule has 26 heavy (non-hydrogen) atoms. The first-order valence-corrected chi connectivity index (χ1v) is 9.99. The Morgan fingerprint density at radius 2 is 1.92 bits per heavy atom. The summed E-state index contributed by atoms with van der Waals surface area (Å²) in [6.45, 7) is 5.31. The van der Waals surface area contributed by atoms with Crippen molar-refractivity contribution in [3.63, 3.8) is 0 Å². The molecule has 0 radical (unpaired) electrons. The number of unbranched alkanes of at least 4 members (excludes halogenated alkanes) is 1. The first-order valence-electron chi connectivity index (χ1n) is 9.99. The minimum atomic E-state index is -0.00794. The molecule has 0 N–H and O–H groups in total. The number of hydrogen-bond donors (Lipinski definition) is 0. The Balaban J connectivity index is 1.57. The van der Waals surface area contributed by atoms with Gasteiger partial charge < -0.3 is 4.65 Å². The molecule has 1 fully saturated rings. The predicted octanol–water partition coefficient (Wildman–Crippen LogP) is 3.95. The number of fused-ring (bicyclic) bond motifs is 1. The van der Waals surface area contributed by atoms with Crippen LogP contribution < -0.4 is 0 Å². The summed E-state index contributed by atoms with van der Waals surface area (Å²) in [5, 5.41) is 2.61. The molecule has 0 aliphatic carbocycles. The minimum absolute atomic E-state index is 0.00794. The lowest BCUT2D eigenvalue weighted by Gasteiger charge is -2.35. The molecule has 0 spiro atoms. The third-order valence-electron chi connectivity index (χ3n) is 5.79. The molecule has 1 saturated heterocycles. The maximum atomic E-state index is 12.2. The Kier molecular flexibility index (Phi) is 6.73. The molecule has 1 heterocycles. The molecule has 0 aromatic heterocycles. The molecular formula is C22H30BNO2. The topological polar surface area (TPSA) is 29.5 Å². The molecule has 1 aliphatic rings. The van der Waals surface area contributed by atoms with E-state index in [1.807, 2.05) is 0 Å². The summed E-state index contributed by atoms with van der Waals surface area (Å²) in [6, 6.07) is 15.3. The molecule has 3 nitrogen and oxygen atoms in total. The number of rotatable bonds is 7. The summed E-state index contributed by atoms with van der Waals surface area (Å²) in [5.74, 6) is 0.552. The third kappa shape index (κ3) is 4.67. The minimum Gasteiger partial charge on any atom is -0.543 e. The molecule has 1 atom stereocenters. The van der Waals surface area contributed by atoms with E-state index in [4.69, 9.17) is 4.65 Å². The van der Waals surface area contributed by atoms with Crippen molar-refractivity contribution < 1.29 is 9.45 Å². The van der Waals surface area contributed by atoms with Gasteiger partial charge in [-0.05, 0) is 60.7 Å². The van der Waals surface area contributed by atoms with E-state index in [2.05, 4.69) is 54.3 Å². The van der Waals surface area contributed by atoms with E-state index in [1.165, 1.54) is 24.4 Å². The highest BCUT2D eigenvalue weighted by Gasteiger charge is 2.31. The van der Waals surface area contributed by atoms with Crippen molar-refractivity contribution in [2.24, 2.45) is 11.8 Å². The second-order valence-corrected chi connectivity index (χ2v) is 7.57. The smallest absolute Gasteiger partial charge is 0.325 e. The molecule has 2 aromatic rings. The van der Waals surface area contributed by atoms with Crippen molar-refractivity contribution in [1.82, 2.24) is 4.90 Å². The van der Waals surface area contributed by atoms with E-state index < -0.39 is 0 Å². The Bertz CT molecular complexity index is 725. The lowest BCUT2D eigenvalue weighted by atomic mass is 9.81. The summed E-state index contributed by atoms with van der Waals surface area (Å²) < 4.78 is 5.07. The molecule has 138 valence electrons. The van der Waals surface area contributed by atoms with Crippen LogP contribution in [0.15, 0.2) is 42.5 Å². The van der Waals surface area contributed by atoms with Gasteiger partial charge in [0, 0.05) is 6.54 Å². The van der Waals surface area contributed by atoms with Gasteiger partial charge in [0.25, 0.3) is 5.97 Å². The van der Waals surface area contributed by atoms with Crippen LogP contribution in [0.1, 0.15) is 44.6 Å². The van der Waals surface area contributed by atoms with Crippen molar-refractivity contribution in [1.29, 1.82) is 0 Å². The van der Waals surface area contributed by atoms with Crippen LogP contribution in [0, 0.1) is 11.8 Å². The molecule has 1 unspecified atom stereocenters. The Morgan fingerprint density at radius 1 is 1.19 bits per heavy atom. The zero-order valence-electron chi connectivity index (χ0n) is 16.1. The molecule has 0 amide bonds. The maximum absolute atomic E-state index is 12.2. The first kappa shape index (κ1) is 19.0. The summed E-state index contributed by atoms with van der Waals surface area (Å²) in [7, 11) is 1.52. The lowest BCUT2D eigenvalue weighted by molar-refractivity contribution is -0.141. The van der Waals surface area contributed by atoms with Gasteiger partial charge in [-0.15, -0.1) is 0 Å². The maximum Gasteiger partial charge on any atom is 0.325 e. The van der Waals surface area contributed by atoms with Gasteiger partial charge in [-0.3, -0.25) is 9.69 Å². The van der Waals surface area contributed by atoms with Crippen molar-refractivity contribution in [2.75, 3.05) is 13.1 Å². The third-order valence-corrected chi connectivity index (χ3v) is 5.79. The van der Waals surface area contributed by atoms with Gasteiger partial charge in [-0.25, -0.2) is 0 Å². The molecule has 0 saturated carbocycles. The predicted molar refractivity (Wildman–Crippen MR) is 110 cm³/mol. The van der Waals surface area contributed by atoms with E-state index in [0.29, 0.717) is 5.92 Å². The second kappa shape index (κ2) is 9.22. The van der Waals surface area contributed by atoms with E-state index in [1.54, 1.807) is 0 Å². The fourth-order valence-corrected chi connectivity index (χ4v) is 4.23. The number of carbonyl (C=O) groups is 1. The average molecular weight is 351 g/mol. The van der Waals surface area contributed by atoms with Crippen LogP contribution in [-0.4, -0.2) is 32.0 Å². The zero-order valence-corrected chi connectivity index (χ0v) is 16.1. The van der Waals surface area contributed by atoms with Crippen LogP contribution in [0.2, 0.25) is 0 Å². The Labute approximate surface area is 158 Å². The fourth-order valence-electron chi connectivity index (χ4n) is 4.23. The summed E-state index contributed by atoms with van der Waals surface area (Å²) >= 11 is 0. The van der Waals surface area contributed by atoms with Gasteiger partial charge in [0.1, 0.15) is 0 Å². The van der Waals surface area contributed by atoms with E-state index in [-0.39, 0.29) is 11.9 Å². The van der Waals surface area contributed by atoms with Gasteiger partial charge >= 0.3 is 8.05 Å². The number of piperidine rings is 1. The van der Waals surface area contributed by atoms with Gasteiger partial charge in [0.15, 0.2) is 0 Å². The highest BCUT2D eigenvalue weighted by Crippen LogP contribution is 2.30. The van der Waals surface area contributed by atoms with Crippen LogP contribution in [0.5, 0.6) is 0 Å². The summed E-state index contributed by atoms with van der Waals surface area (Å²) in [5.41, 5.74) is 1.37. The number of nitrogens with zero attached hydrogens (tertiary/aromatic N) is 1. The number of carbonyl (C=O) groups excluding carboxylic acids is 1. The van der Waals surface area contributed by atoms with E-state index in [0.717, 1.165) is 51.7 Å². The molecule has 0 bridgehead atoms. The normalized spacial score (nSPS) is 17.3. The highest BCUT2D eigenvalue weighted by atomic mass is 16.5. The summed E-state index contributed by atoms with van der Waals surface area (Å²) in [4.78, 5) is 14.7. The van der Waals surface area contributed by atoms with Crippen molar-refractivity contribution in [2.45, 2.75) is 45.6 Å². The first-order chi connectivity index (χ1) is 12.7. The average Bonchev–Trinajstić information content (AvgIpc) is 2.69. The second-order valence-electron chi connectivity index (χ2n) is 7.57. The fraction of sp³-hybridized carbons (Fsp3) is 0.500. The van der Waals surface area contributed by atoms with Gasteiger partial charge in [-0.1, -0.05) is 56.2 Å². The van der Waals surface area contributed by atoms with E-state index >= 15 is 0 Å². The van der Waals surface area contributed by atoms with Gasteiger partial charge in [-0.2, -0.15) is 0 Å². The van der Waals surface area contributed by atoms with Crippen molar-refractivity contribution in [3.05, 3.63) is 48.0 Å². The molecule has 3 rings (SSSR count). The van der Waals surface area contributed by atoms with Crippen LogP contribution in [0.25, 0.3) is 10.8 Å². The molecule has 4 heteroatoms. The highest BCUT2D eigenvalue weighted by molar-refractivity contribution is 6.05. The zero-order chi connectivity index (χ0) is 18.4. The van der Waals surface area contributed by atoms with Crippen LogP contribution in [0.4, 0.5) is 0 Å². The van der Waals surface area contributed by atoms with Crippen LogP contribution in [-0.2, 0) is 16.0 Å². The van der Waals surface area contributed by atoms with Crippen LogP contribution >= 0.6 is 0 Å². The Hall–Kier alpha value is -1.81. The lowest BCUT2D eigenvalue weighted by Crippen LogP contribution is -2.38. The molecule has 1 aliphatic heterocycles.